The minimum Gasteiger partial charge on any atom is -0.323 e. The molecular weight excluding hydrogens is 335 g/mol. The lowest BCUT2D eigenvalue weighted by molar-refractivity contribution is -0.261. The largest absolute Gasteiger partial charge is 0.323 e. The molecule has 3 rings (SSSR count). The lowest BCUT2D eigenvalue weighted by Gasteiger charge is -2.52. The Morgan fingerprint density at radius 2 is 2.00 bits per heavy atom. The highest BCUT2D eigenvalue weighted by molar-refractivity contribution is 6.19. The molecule has 4 nitrogen and oxygen atoms in total. The summed E-state index contributed by atoms with van der Waals surface area (Å²) in [7, 11) is 1.94. The molecule has 0 N–H and O–H groups in total. The molecule has 132 valence electrons. The first-order valence-corrected chi connectivity index (χ1v) is 9.81. The van der Waals surface area contributed by atoms with E-state index in [0.29, 0.717) is 29.5 Å². The van der Waals surface area contributed by atoms with Crippen molar-refractivity contribution in [3.05, 3.63) is 0 Å². The van der Waals surface area contributed by atoms with E-state index in [9.17, 15) is 4.79 Å². The van der Waals surface area contributed by atoms with Crippen LogP contribution in [0.25, 0.3) is 0 Å². The number of hydrogen-bond donors (Lipinski definition) is 0. The van der Waals surface area contributed by atoms with Crippen LogP contribution in [0.15, 0.2) is 0 Å². The summed E-state index contributed by atoms with van der Waals surface area (Å²) in [5.74, 6) is 2.35. The summed E-state index contributed by atoms with van der Waals surface area (Å²) >= 11 is 12.3. The topological polar surface area (TPSA) is 32.8 Å². The Labute approximate surface area is 149 Å². The van der Waals surface area contributed by atoms with Crippen LogP contribution in [0.3, 0.4) is 0 Å². The van der Waals surface area contributed by atoms with E-state index in [4.69, 9.17) is 28.0 Å². The Bertz CT molecular complexity index is 476. The molecule has 0 aromatic carbocycles. The number of halogens is 2. The fraction of sp³-hybridized carbons (Fsp3) is 0.941. The number of amides is 1. The van der Waals surface area contributed by atoms with Crippen molar-refractivity contribution in [3.63, 3.8) is 0 Å². The maximum atomic E-state index is 13.1. The van der Waals surface area contributed by atoms with E-state index < -0.39 is 0 Å². The van der Waals surface area contributed by atoms with Gasteiger partial charge in [0.05, 0.1) is 12.0 Å². The number of fused-ring (bicyclic) bond motifs is 2. The van der Waals surface area contributed by atoms with Crippen LogP contribution in [0.1, 0.15) is 40.0 Å². The molecule has 1 amide bonds. The van der Waals surface area contributed by atoms with Gasteiger partial charge in [-0.05, 0) is 24.7 Å². The van der Waals surface area contributed by atoms with Crippen molar-refractivity contribution in [2.45, 2.75) is 57.8 Å². The summed E-state index contributed by atoms with van der Waals surface area (Å²) in [6.07, 6.45) is 3.13. The second-order valence-corrected chi connectivity index (χ2v) is 8.52. The van der Waals surface area contributed by atoms with Crippen molar-refractivity contribution >= 4 is 29.1 Å². The Morgan fingerprint density at radius 1 is 1.30 bits per heavy atom. The first-order valence-electron chi connectivity index (χ1n) is 8.74. The van der Waals surface area contributed by atoms with Crippen LogP contribution in [0.5, 0.6) is 0 Å². The SMILES string of the molecule is CC(C)[C@@H]1CC[C@@H](C)C[C@]12N(C)C(=O)[C@@H]1[C@H](CCl)[C@@H](CCl)ON12. The van der Waals surface area contributed by atoms with E-state index in [1.165, 1.54) is 6.42 Å². The number of carbonyl (C=O) groups is 1. The average molecular weight is 363 g/mol. The van der Waals surface area contributed by atoms with Gasteiger partial charge in [0.15, 0.2) is 0 Å². The summed E-state index contributed by atoms with van der Waals surface area (Å²) in [5.41, 5.74) is -0.349. The number of hydrogen-bond acceptors (Lipinski definition) is 3. The van der Waals surface area contributed by atoms with Gasteiger partial charge in [-0.15, -0.1) is 28.3 Å². The Hall–Kier alpha value is -0.0300. The van der Waals surface area contributed by atoms with Crippen LogP contribution in [0, 0.1) is 23.7 Å². The van der Waals surface area contributed by atoms with E-state index in [-0.39, 0.29) is 29.6 Å². The van der Waals surface area contributed by atoms with Gasteiger partial charge in [0.1, 0.15) is 11.7 Å². The fourth-order valence-electron chi connectivity index (χ4n) is 5.11. The summed E-state index contributed by atoms with van der Waals surface area (Å²) in [6, 6.07) is -0.284. The number of nitrogens with zero attached hydrogens (tertiary/aromatic N) is 2. The van der Waals surface area contributed by atoms with E-state index in [1.807, 2.05) is 17.0 Å². The first-order chi connectivity index (χ1) is 10.9. The third-order valence-electron chi connectivity index (χ3n) is 6.28. The smallest absolute Gasteiger partial charge is 0.244 e. The van der Waals surface area contributed by atoms with Crippen LogP contribution in [0.2, 0.25) is 0 Å². The summed E-state index contributed by atoms with van der Waals surface area (Å²) < 4.78 is 0. The van der Waals surface area contributed by atoms with Gasteiger partial charge in [-0.3, -0.25) is 9.63 Å². The summed E-state index contributed by atoms with van der Waals surface area (Å²) in [4.78, 5) is 21.3. The van der Waals surface area contributed by atoms with Crippen LogP contribution in [0.4, 0.5) is 0 Å². The molecule has 1 spiro atoms. The molecule has 2 heterocycles. The molecule has 0 aromatic rings. The highest BCUT2D eigenvalue weighted by Crippen LogP contribution is 2.54. The molecule has 23 heavy (non-hydrogen) atoms. The third kappa shape index (κ3) is 2.44. The Morgan fingerprint density at radius 3 is 2.57 bits per heavy atom. The fourth-order valence-corrected chi connectivity index (χ4v) is 5.77. The van der Waals surface area contributed by atoms with Crippen LogP contribution in [-0.4, -0.2) is 52.5 Å². The number of carbonyl (C=O) groups excluding carboxylic acids is 1. The van der Waals surface area contributed by atoms with Gasteiger partial charge in [-0.1, -0.05) is 27.2 Å². The van der Waals surface area contributed by atoms with Crippen molar-refractivity contribution in [3.8, 4) is 0 Å². The average Bonchev–Trinajstić information content (AvgIpc) is 2.98. The van der Waals surface area contributed by atoms with Crippen LogP contribution in [-0.2, 0) is 9.63 Å². The first kappa shape index (κ1) is 17.8. The molecule has 1 aliphatic carbocycles. The predicted molar refractivity (Wildman–Crippen MR) is 92.3 cm³/mol. The van der Waals surface area contributed by atoms with Crippen molar-refractivity contribution in [1.29, 1.82) is 0 Å². The van der Waals surface area contributed by atoms with E-state index in [0.717, 1.165) is 12.8 Å². The zero-order valence-electron chi connectivity index (χ0n) is 14.5. The number of hydroxylamine groups is 2. The molecule has 2 aliphatic heterocycles. The zero-order chi connectivity index (χ0) is 16.9. The number of rotatable bonds is 3. The van der Waals surface area contributed by atoms with Gasteiger partial charge in [0.25, 0.3) is 0 Å². The van der Waals surface area contributed by atoms with E-state index in [1.54, 1.807) is 0 Å². The van der Waals surface area contributed by atoms with Crippen molar-refractivity contribution < 1.29 is 9.63 Å². The summed E-state index contributed by atoms with van der Waals surface area (Å²) in [6.45, 7) is 6.78. The van der Waals surface area contributed by atoms with Crippen LogP contribution < -0.4 is 0 Å². The van der Waals surface area contributed by atoms with Gasteiger partial charge in [-0.25, -0.2) is 0 Å². The van der Waals surface area contributed by atoms with Gasteiger partial charge < -0.3 is 4.90 Å². The quantitative estimate of drug-likeness (QED) is 0.721. The molecule has 6 heteroatoms. The zero-order valence-corrected chi connectivity index (χ0v) is 16.0. The lowest BCUT2D eigenvalue weighted by Crippen LogP contribution is -2.61. The van der Waals surface area contributed by atoms with Crippen molar-refractivity contribution in [1.82, 2.24) is 9.96 Å². The molecule has 0 bridgehead atoms. The van der Waals surface area contributed by atoms with Gasteiger partial charge in [-0.2, -0.15) is 0 Å². The molecule has 3 aliphatic rings. The molecule has 1 saturated carbocycles. The maximum Gasteiger partial charge on any atom is 0.244 e. The van der Waals surface area contributed by atoms with Gasteiger partial charge >= 0.3 is 0 Å². The van der Waals surface area contributed by atoms with Crippen LogP contribution >= 0.6 is 23.2 Å². The minimum atomic E-state index is -0.349. The van der Waals surface area contributed by atoms with E-state index in [2.05, 4.69) is 20.8 Å². The molecule has 0 aromatic heterocycles. The second-order valence-electron chi connectivity index (χ2n) is 7.90. The van der Waals surface area contributed by atoms with Crippen molar-refractivity contribution in [2.75, 3.05) is 18.8 Å². The van der Waals surface area contributed by atoms with Crippen molar-refractivity contribution in [2.24, 2.45) is 23.7 Å². The maximum absolute atomic E-state index is 13.1. The molecule has 3 fully saturated rings. The molecular formula is C17H28Cl2N2O2. The predicted octanol–water partition coefficient (Wildman–Crippen LogP) is 3.33. The number of likely N-dealkylation sites (N-methyl/N-ethyl adjacent to an activating group) is 1. The Balaban J connectivity index is 2.05. The number of alkyl halides is 2. The molecule has 0 unspecified atom stereocenters. The highest BCUT2D eigenvalue weighted by Gasteiger charge is 2.67. The van der Waals surface area contributed by atoms with Gasteiger partial charge in [0, 0.05) is 24.8 Å². The molecule has 2 saturated heterocycles. The molecule has 6 atom stereocenters. The normalized spacial score (nSPS) is 44.6. The third-order valence-corrected chi connectivity index (χ3v) is 6.94. The summed E-state index contributed by atoms with van der Waals surface area (Å²) in [5, 5.41) is 2.01. The van der Waals surface area contributed by atoms with Gasteiger partial charge in [0.2, 0.25) is 5.91 Å². The van der Waals surface area contributed by atoms with E-state index >= 15 is 0 Å². The second kappa shape index (κ2) is 6.36. The monoisotopic (exact) mass is 362 g/mol. The molecule has 0 radical (unpaired) electrons. The highest BCUT2D eigenvalue weighted by atomic mass is 35.5. The Kier molecular flexibility index (Phi) is 4.92. The lowest BCUT2D eigenvalue weighted by atomic mass is 9.69. The minimum absolute atomic E-state index is 0.0338. The standard InChI is InChI=1S/C17H28Cl2N2O2/c1-10(2)13-6-5-11(3)7-17(13)20(4)16(22)15-12(8-18)14(9-19)23-21(15)17/h10-15H,5-9H2,1-4H3/t11-,12-,13+,14-,15+,17-/m1/s1.